The number of halogens is 1. The van der Waals surface area contributed by atoms with Crippen molar-refractivity contribution in [1.82, 2.24) is 4.98 Å². The number of nitrogens with zero attached hydrogens (tertiary/aromatic N) is 1. The molecule has 0 fully saturated rings. The molecule has 12 heavy (non-hydrogen) atoms. The van der Waals surface area contributed by atoms with E-state index in [0.717, 1.165) is 6.20 Å². The summed E-state index contributed by atoms with van der Waals surface area (Å²) in [4.78, 5) is 13.5. The Morgan fingerprint density at radius 2 is 2.33 bits per heavy atom. The van der Waals surface area contributed by atoms with Crippen molar-refractivity contribution in [2.75, 3.05) is 0 Å². The molecule has 0 unspecified atom stereocenters. The van der Waals surface area contributed by atoms with Gasteiger partial charge in [-0.25, -0.2) is 4.39 Å². The van der Waals surface area contributed by atoms with Gasteiger partial charge in [0.25, 0.3) is 0 Å². The van der Waals surface area contributed by atoms with Crippen molar-refractivity contribution in [2.24, 2.45) is 0 Å². The Kier molecular flexibility index (Phi) is 4.56. The summed E-state index contributed by atoms with van der Waals surface area (Å²) in [7, 11) is 0. The summed E-state index contributed by atoms with van der Waals surface area (Å²) in [6, 6.07) is 1.31. The molecular formula is C7H5FLiNO2. The van der Waals surface area contributed by atoms with Crippen molar-refractivity contribution in [3.05, 3.63) is 29.8 Å². The Hall–Kier alpha value is -0.853. The molecule has 1 heterocycles. The van der Waals surface area contributed by atoms with E-state index in [9.17, 15) is 14.3 Å². The van der Waals surface area contributed by atoms with Crippen LogP contribution in [0.25, 0.3) is 0 Å². The fraction of sp³-hybridized carbons (Fsp3) is 0.143. The van der Waals surface area contributed by atoms with Crippen LogP contribution in [0.5, 0.6) is 0 Å². The summed E-state index contributed by atoms with van der Waals surface area (Å²) in [6.07, 6.45) is 1.90. The number of carbonyl (C=O) groups excluding carboxylic acids is 1. The molecule has 0 atom stereocenters. The van der Waals surface area contributed by atoms with Crippen molar-refractivity contribution < 1.29 is 33.2 Å². The fourth-order valence-corrected chi connectivity index (χ4v) is 0.703. The van der Waals surface area contributed by atoms with E-state index in [1.54, 1.807) is 0 Å². The van der Waals surface area contributed by atoms with Crippen LogP contribution in [0.1, 0.15) is 5.56 Å². The van der Waals surface area contributed by atoms with Crippen LogP contribution in [-0.2, 0) is 11.2 Å². The van der Waals surface area contributed by atoms with E-state index in [2.05, 4.69) is 4.98 Å². The molecule has 0 amide bonds. The van der Waals surface area contributed by atoms with E-state index < -0.39 is 18.2 Å². The molecule has 1 aromatic heterocycles. The average Bonchev–Trinajstić information content (AvgIpc) is 1.93. The summed E-state index contributed by atoms with van der Waals surface area (Å²) in [5, 5.41) is 10.0. The first-order valence-electron chi connectivity index (χ1n) is 2.98. The number of pyridine rings is 1. The van der Waals surface area contributed by atoms with E-state index in [1.807, 2.05) is 0 Å². The molecule has 58 valence electrons. The molecule has 0 spiro atoms. The first-order chi connectivity index (χ1) is 5.20. The normalized spacial score (nSPS) is 8.75. The quantitative estimate of drug-likeness (QED) is 0.423. The maximum atomic E-state index is 12.6. The maximum Gasteiger partial charge on any atom is 1.00 e. The Morgan fingerprint density at radius 1 is 1.67 bits per heavy atom. The number of carbonyl (C=O) groups is 1. The van der Waals surface area contributed by atoms with Crippen LogP contribution in [0.3, 0.4) is 0 Å². The first-order valence-corrected chi connectivity index (χ1v) is 2.98. The third-order valence-corrected chi connectivity index (χ3v) is 1.19. The van der Waals surface area contributed by atoms with Gasteiger partial charge in [-0.3, -0.25) is 4.98 Å². The van der Waals surface area contributed by atoms with Gasteiger partial charge < -0.3 is 9.90 Å². The third-order valence-electron chi connectivity index (χ3n) is 1.19. The van der Waals surface area contributed by atoms with E-state index in [-0.39, 0.29) is 24.4 Å². The minimum atomic E-state index is -1.30. The molecule has 1 aromatic rings. The molecule has 0 N–H and O–H groups in total. The third kappa shape index (κ3) is 3.03. The molecule has 0 bridgehead atoms. The Morgan fingerprint density at radius 3 is 2.83 bits per heavy atom. The van der Waals surface area contributed by atoms with Gasteiger partial charge in [-0.2, -0.15) is 0 Å². The molecule has 0 aromatic carbocycles. The Labute approximate surface area is 80.8 Å². The van der Waals surface area contributed by atoms with Gasteiger partial charge >= 0.3 is 18.9 Å². The van der Waals surface area contributed by atoms with Gasteiger partial charge in [-0.05, 0) is 11.6 Å². The summed E-state index contributed by atoms with van der Waals surface area (Å²) >= 11 is 0. The van der Waals surface area contributed by atoms with Crippen molar-refractivity contribution in [2.45, 2.75) is 6.42 Å². The zero-order chi connectivity index (χ0) is 8.27. The van der Waals surface area contributed by atoms with E-state index in [4.69, 9.17) is 0 Å². The van der Waals surface area contributed by atoms with Crippen molar-refractivity contribution in [3.8, 4) is 0 Å². The molecule has 3 nitrogen and oxygen atoms in total. The van der Waals surface area contributed by atoms with Crippen LogP contribution < -0.4 is 24.0 Å². The van der Waals surface area contributed by atoms with Gasteiger partial charge in [0, 0.05) is 18.6 Å². The number of rotatable bonds is 2. The number of aliphatic carboxylic acids is 1. The van der Waals surface area contributed by atoms with Crippen LogP contribution in [0, 0.1) is 5.82 Å². The zero-order valence-electron chi connectivity index (χ0n) is 6.58. The number of carboxylic acids is 1. The fourth-order valence-electron chi connectivity index (χ4n) is 0.703. The van der Waals surface area contributed by atoms with Crippen molar-refractivity contribution in [1.29, 1.82) is 0 Å². The smallest absolute Gasteiger partial charge is 0.550 e. The minimum absolute atomic E-state index is 0. The molecule has 0 aliphatic carbocycles. The number of carboxylic acid groups (broad SMARTS) is 1. The van der Waals surface area contributed by atoms with Gasteiger partial charge in [0.1, 0.15) is 5.82 Å². The number of hydrogen-bond acceptors (Lipinski definition) is 3. The average molecular weight is 161 g/mol. The Bertz CT molecular complexity index is 280. The van der Waals surface area contributed by atoms with Crippen LogP contribution in [0.4, 0.5) is 4.39 Å². The molecule has 0 aliphatic rings. The summed E-state index contributed by atoms with van der Waals surface area (Å²) in [6.45, 7) is 0. The van der Waals surface area contributed by atoms with Crippen LogP contribution in [0.2, 0.25) is 0 Å². The molecule has 0 saturated carbocycles. The second-order valence-electron chi connectivity index (χ2n) is 2.02. The number of hydrogen-bond donors (Lipinski definition) is 0. The second-order valence-corrected chi connectivity index (χ2v) is 2.02. The summed E-state index contributed by atoms with van der Waals surface area (Å²) in [5.74, 6) is -1.91. The predicted molar refractivity (Wildman–Crippen MR) is 32.9 cm³/mol. The standard InChI is InChI=1S/C7H6FNO2.Li/c8-6-4-9-2-1-5(6)3-7(10)11;/h1-2,4H,3H2,(H,10,11);/q;+1/p-1. The zero-order valence-corrected chi connectivity index (χ0v) is 6.58. The summed E-state index contributed by atoms with van der Waals surface area (Å²) in [5.41, 5.74) is 0.0972. The van der Waals surface area contributed by atoms with Gasteiger partial charge in [0.05, 0.1) is 6.20 Å². The molecule has 5 heteroatoms. The van der Waals surface area contributed by atoms with E-state index >= 15 is 0 Å². The molecule has 0 aliphatic heterocycles. The molecule has 0 saturated heterocycles. The maximum absolute atomic E-state index is 12.6. The monoisotopic (exact) mass is 161 g/mol. The van der Waals surface area contributed by atoms with E-state index in [1.165, 1.54) is 12.3 Å². The van der Waals surface area contributed by atoms with Gasteiger partial charge in [-0.1, -0.05) is 0 Å². The molecular weight excluding hydrogens is 156 g/mol. The van der Waals surface area contributed by atoms with Crippen molar-refractivity contribution in [3.63, 3.8) is 0 Å². The van der Waals surface area contributed by atoms with Crippen molar-refractivity contribution >= 4 is 5.97 Å². The topological polar surface area (TPSA) is 53.0 Å². The van der Waals surface area contributed by atoms with Gasteiger partial charge in [-0.15, -0.1) is 0 Å². The second kappa shape index (κ2) is 4.91. The van der Waals surface area contributed by atoms with Gasteiger partial charge in [0.15, 0.2) is 0 Å². The van der Waals surface area contributed by atoms with Crippen LogP contribution >= 0.6 is 0 Å². The largest absolute Gasteiger partial charge is 1.00 e. The minimum Gasteiger partial charge on any atom is -0.550 e. The number of aromatic nitrogens is 1. The first kappa shape index (κ1) is 11.1. The van der Waals surface area contributed by atoms with E-state index in [0.29, 0.717) is 0 Å². The van der Waals surface area contributed by atoms with Crippen LogP contribution in [-0.4, -0.2) is 11.0 Å². The predicted octanol–water partition coefficient (Wildman–Crippen LogP) is -3.48. The van der Waals surface area contributed by atoms with Crippen LogP contribution in [0.15, 0.2) is 18.5 Å². The molecule has 0 radical (unpaired) electrons. The van der Waals surface area contributed by atoms with Gasteiger partial charge in [0.2, 0.25) is 0 Å². The Balaban J connectivity index is 0.00000121. The summed E-state index contributed by atoms with van der Waals surface area (Å²) < 4.78 is 12.6. The molecule has 1 rings (SSSR count). The SMILES string of the molecule is O=C([O-])Cc1ccncc1F.[Li+].